The van der Waals surface area contributed by atoms with Crippen LogP contribution < -0.4 is 10.1 Å². The summed E-state index contributed by atoms with van der Waals surface area (Å²) in [6.07, 6.45) is 0. The lowest BCUT2D eigenvalue weighted by atomic mass is 10.2. The van der Waals surface area contributed by atoms with E-state index < -0.39 is 0 Å². The van der Waals surface area contributed by atoms with Gasteiger partial charge in [-0.05, 0) is 54.1 Å². The standard InChI is InChI=1S/C21H18ClN3O/c1-26-18-12-10-17(11-13-18)25-20-5-3-2-4-19(20)24-21(25)23-14-15-6-8-16(22)9-7-15/h2-13H,14H2,1H3,(H,23,24). The molecule has 0 aliphatic rings. The second kappa shape index (κ2) is 7.10. The molecule has 1 N–H and O–H groups in total. The molecule has 0 saturated carbocycles. The van der Waals surface area contributed by atoms with E-state index in [1.807, 2.05) is 66.7 Å². The molecule has 0 spiro atoms. The summed E-state index contributed by atoms with van der Waals surface area (Å²) >= 11 is 5.97. The summed E-state index contributed by atoms with van der Waals surface area (Å²) in [7, 11) is 1.67. The number of anilines is 1. The highest BCUT2D eigenvalue weighted by Gasteiger charge is 2.12. The Labute approximate surface area is 157 Å². The predicted octanol–water partition coefficient (Wildman–Crippen LogP) is 5.30. The monoisotopic (exact) mass is 363 g/mol. The first-order valence-corrected chi connectivity index (χ1v) is 8.72. The average molecular weight is 364 g/mol. The van der Waals surface area contributed by atoms with E-state index in [4.69, 9.17) is 21.3 Å². The van der Waals surface area contributed by atoms with Gasteiger partial charge in [-0.25, -0.2) is 4.98 Å². The first-order valence-electron chi connectivity index (χ1n) is 8.35. The van der Waals surface area contributed by atoms with Crippen molar-refractivity contribution in [3.05, 3.63) is 83.4 Å². The van der Waals surface area contributed by atoms with Gasteiger partial charge in [0.05, 0.1) is 18.1 Å². The molecular formula is C21H18ClN3O. The van der Waals surface area contributed by atoms with Crippen LogP contribution in [0.2, 0.25) is 5.02 Å². The molecule has 4 rings (SSSR count). The molecule has 4 aromatic rings. The van der Waals surface area contributed by atoms with Gasteiger partial charge in [0.15, 0.2) is 0 Å². The number of rotatable bonds is 5. The van der Waals surface area contributed by atoms with Crippen LogP contribution in [0.25, 0.3) is 16.7 Å². The number of imidazole rings is 1. The van der Waals surface area contributed by atoms with Gasteiger partial charge >= 0.3 is 0 Å². The summed E-state index contributed by atoms with van der Waals surface area (Å²) in [5, 5.41) is 4.18. The zero-order valence-corrected chi connectivity index (χ0v) is 15.1. The number of aromatic nitrogens is 2. The van der Waals surface area contributed by atoms with Crippen LogP contribution in [0, 0.1) is 0 Å². The third kappa shape index (κ3) is 3.24. The second-order valence-electron chi connectivity index (χ2n) is 5.94. The number of hydrogen-bond donors (Lipinski definition) is 1. The fourth-order valence-electron chi connectivity index (χ4n) is 2.92. The minimum Gasteiger partial charge on any atom is -0.497 e. The van der Waals surface area contributed by atoms with Crippen LogP contribution in [-0.2, 0) is 6.54 Å². The zero-order chi connectivity index (χ0) is 17.9. The van der Waals surface area contributed by atoms with Crippen molar-refractivity contribution in [2.24, 2.45) is 0 Å². The van der Waals surface area contributed by atoms with Gasteiger partial charge in [-0.15, -0.1) is 0 Å². The van der Waals surface area contributed by atoms with Crippen molar-refractivity contribution in [2.75, 3.05) is 12.4 Å². The lowest BCUT2D eigenvalue weighted by molar-refractivity contribution is 0.415. The molecule has 130 valence electrons. The van der Waals surface area contributed by atoms with Crippen molar-refractivity contribution in [3.8, 4) is 11.4 Å². The Morgan fingerprint density at radius 2 is 1.69 bits per heavy atom. The Hall–Kier alpha value is -2.98. The van der Waals surface area contributed by atoms with E-state index in [0.717, 1.165) is 39.0 Å². The van der Waals surface area contributed by atoms with Crippen molar-refractivity contribution in [1.82, 2.24) is 9.55 Å². The molecule has 1 aromatic heterocycles. The zero-order valence-electron chi connectivity index (χ0n) is 14.3. The van der Waals surface area contributed by atoms with E-state index in [9.17, 15) is 0 Å². The quantitative estimate of drug-likeness (QED) is 0.523. The number of methoxy groups -OCH3 is 1. The van der Waals surface area contributed by atoms with Gasteiger partial charge < -0.3 is 10.1 Å². The third-order valence-electron chi connectivity index (χ3n) is 4.26. The van der Waals surface area contributed by atoms with Crippen molar-refractivity contribution in [1.29, 1.82) is 0 Å². The molecule has 0 aliphatic heterocycles. The molecule has 0 fully saturated rings. The van der Waals surface area contributed by atoms with Crippen LogP contribution in [0.1, 0.15) is 5.56 Å². The van der Waals surface area contributed by atoms with Crippen LogP contribution in [0.5, 0.6) is 5.75 Å². The average Bonchev–Trinajstić information content (AvgIpc) is 3.06. The molecule has 0 saturated heterocycles. The highest BCUT2D eigenvalue weighted by Crippen LogP contribution is 2.26. The predicted molar refractivity (Wildman–Crippen MR) is 106 cm³/mol. The first-order chi connectivity index (χ1) is 12.7. The number of hydrogen-bond acceptors (Lipinski definition) is 3. The van der Waals surface area contributed by atoms with Gasteiger partial charge in [0.2, 0.25) is 5.95 Å². The van der Waals surface area contributed by atoms with Crippen molar-refractivity contribution in [3.63, 3.8) is 0 Å². The van der Waals surface area contributed by atoms with Gasteiger partial charge in [-0.1, -0.05) is 35.9 Å². The fourth-order valence-corrected chi connectivity index (χ4v) is 3.05. The van der Waals surface area contributed by atoms with Crippen molar-refractivity contribution >= 4 is 28.6 Å². The fraction of sp³-hybridized carbons (Fsp3) is 0.0952. The van der Waals surface area contributed by atoms with Gasteiger partial charge in [0.1, 0.15) is 5.75 Å². The van der Waals surface area contributed by atoms with E-state index >= 15 is 0 Å². The smallest absolute Gasteiger partial charge is 0.208 e. The molecule has 0 atom stereocenters. The van der Waals surface area contributed by atoms with Crippen LogP contribution in [-0.4, -0.2) is 16.7 Å². The number of para-hydroxylation sites is 2. The first kappa shape index (κ1) is 16.5. The van der Waals surface area contributed by atoms with Gasteiger partial charge in [-0.2, -0.15) is 0 Å². The lowest BCUT2D eigenvalue weighted by Gasteiger charge is -2.12. The Bertz CT molecular complexity index is 1020. The maximum Gasteiger partial charge on any atom is 0.208 e. The van der Waals surface area contributed by atoms with E-state index in [1.54, 1.807) is 7.11 Å². The van der Waals surface area contributed by atoms with Crippen LogP contribution in [0.3, 0.4) is 0 Å². The van der Waals surface area contributed by atoms with E-state index in [1.165, 1.54) is 0 Å². The van der Waals surface area contributed by atoms with Crippen molar-refractivity contribution < 1.29 is 4.74 Å². The Balaban J connectivity index is 1.72. The van der Waals surface area contributed by atoms with Crippen LogP contribution in [0.4, 0.5) is 5.95 Å². The Morgan fingerprint density at radius 3 is 2.42 bits per heavy atom. The lowest BCUT2D eigenvalue weighted by Crippen LogP contribution is -2.06. The molecule has 0 bridgehead atoms. The number of halogens is 1. The minimum absolute atomic E-state index is 0.663. The SMILES string of the molecule is COc1ccc(-n2c(NCc3ccc(Cl)cc3)nc3ccccc32)cc1. The highest BCUT2D eigenvalue weighted by molar-refractivity contribution is 6.30. The highest BCUT2D eigenvalue weighted by atomic mass is 35.5. The molecule has 0 aliphatic carbocycles. The molecule has 1 heterocycles. The number of ether oxygens (including phenoxy) is 1. The Kier molecular flexibility index (Phi) is 4.50. The third-order valence-corrected chi connectivity index (χ3v) is 4.51. The second-order valence-corrected chi connectivity index (χ2v) is 6.37. The number of fused-ring (bicyclic) bond motifs is 1. The van der Waals surface area contributed by atoms with Gasteiger partial charge in [0, 0.05) is 17.3 Å². The largest absolute Gasteiger partial charge is 0.497 e. The molecule has 26 heavy (non-hydrogen) atoms. The normalized spacial score (nSPS) is 10.8. The minimum atomic E-state index is 0.663. The summed E-state index contributed by atoms with van der Waals surface area (Å²) in [4.78, 5) is 4.76. The molecule has 0 radical (unpaired) electrons. The molecular weight excluding hydrogens is 346 g/mol. The topological polar surface area (TPSA) is 39.1 Å². The molecule has 4 nitrogen and oxygen atoms in total. The van der Waals surface area contributed by atoms with Gasteiger partial charge in [-0.3, -0.25) is 4.57 Å². The van der Waals surface area contributed by atoms with E-state index in [0.29, 0.717) is 6.54 Å². The Morgan fingerprint density at radius 1 is 0.962 bits per heavy atom. The summed E-state index contributed by atoms with van der Waals surface area (Å²) in [5.74, 6) is 1.63. The molecule has 0 unspecified atom stereocenters. The summed E-state index contributed by atoms with van der Waals surface area (Å²) < 4.78 is 7.38. The van der Waals surface area contributed by atoms with Crippen LogP contribution in [0.15, 0.2) is 72.8 Å². The molecule has 5 heteroatoms. The molecule has 3 aromatic carbocycles. The van der Waals surface area contributed by atoms with Crippen LogP contribution >= 0.6 is 11.6 Å². The summed E-state index contributed by atoms with van der Waals surface area (Å²) in [5.41, 5.74) is 4.17. The molecule has 0 amide bonds. The summed E-state index contributed by atoms with van der Waals surface area (Å²) in [6.45, 7) is 0.663. The summed E-state index contributed by atoms with van der Waals surface area (Å²) in [6, 6.07) is 23.9. The number of nitrogens with zero attached hydrogens (tertiary/aromatic N) is 2. The van der Waals surface area contributed by atoms with Crippen molar-refractivity contribution in [2.45, 2.75) is 6.54 Å². The maximum absolute atomic E-state index is 5.97. The van der Waals surface area contributed by atoms with Gasteiger partial charge in [0.25, 0.3) is 0 Å². The maximum atomic E-state index is 5.97. The van der Waals surface area contributed by atoms with E-state index in [2.05, 4.69) is 16.0 Å². The van der Waals surface area contributed by atoms with E-state index in [-0.39, 0.29) is 0 Å². The number of nitrogens with one attached hydrogen (secondary N) is 1. The number of benzene rings is 3.